The molecule has 0 saturated carbocycles. The maximum Gasteiger partial charge on any atom is 0.235 e. The van der Waals surface area contributed by atoms with Gasteiger partial charge in [-0.05, 0) is 62.7 Å². The Balaban J connectivity index is 1.38. The van der Waals surface area contributed by atoms with Gasteiger partial charge in [-0.3, -0.25) is 14.9 Å². The van der Waals surface area contributed by atoms with Gasteiger partial charge in [0.05, 0.1) is 17.2 Å². The van der Waals surface area contributed by atoms with Gasteiger partial charge in [-0.1, -0.05) is 12.1 Å². The number of halogens is 1. The second kappa shape index (κ2) is 9.87. The zero-order valence-corrected chi connectivity index (χ0v) is 19.2. The van der Waals surface area contributed by atoms with Crippen LogP contribution in [0.1, 0.15) is 55.6 Å². The summed E-state index contributed by atoms with van der Waals surface area (Å²) in [6.07, 6.45) is 3.50. The Morgan fingerprint density at radius 2 is 1.91 bits per heavy atom. The van der Waals surface area contributed by atoms with E-state index in [1.165, 1.54) is 5.56 Å². The summed E-state index contributed by atoms with van der Waals surface area (Å²) in [7, 11) is 1.81. The summed E-state index contributed by atoms with van der Waals surface area (Å²) in [6.45, 7) is 2.95. The molecular formula is C24H34FN5O3. The molecule has 1 aromatic carbocycles. The van der Waals surface area contributed by atoms with Crippen molar-refractivity contribution in [3.8, 4) is 0 Å². The fourth-order valence-corrected chi connectivity index (χ4v) is 5.31. The highest BCUT2D eigenvalue weighted by atomic mass is 19.2. The molecule has 3 fully saturated rings. The molecule has 9 heteroatoms. The van der Waals surface area contributed by atoms with Gasteiger partial charge in [-0.2, -0.15) is 0 Å². The van der Waals surface area contributed by atoms with Gasteiger partial charge in [0.1, 0.15) is 0 Å². The maximum absolute atomic E-state index is 13.3. The van der Waals surface area contributed by atoms with E-state index in [4.69, 9.17) is 5.41 Å². The second-order valence-electron chi connectivity index (χ2n) is 9.66. The summed E-state index contributed by atoms with van der Waals surface area (Å²) < 4.78 is 13.3. The molecule has 0 bridgehead atoms. The highest BCUT2D eigenvalue weighted by molar-refractivity contribution is 6.17. The fourth-order valence-electron chi connectivity index (χ4n) is 5.31. The van der Waals surface area contributed by atoms with Gasteiger partial charge in [0.2, 0.25) is 11.8 Å². The largest absolute Gasteiger partial charge is 0.388 e. The van der Waals surface area contributed by atoms with Crippen molar-refractivity contribution in [2.24, 2.45) is 5.92 Å². The molecule has 8 nitrogen and oxygen atoms in total. The summed E-state index contributed by atoms with van der Waals surface area (Å²) >= 11 is 0. The summed E-state index contributed by atoms with van der Waals surface area (Å²) in [6, 6.07) is 6.02. The van der Waals surface area contributed by atoms with Crippen LogP contribution in [0.25, 0.3) is 0 Å². The Hall–Kier alpha value is -2.36. The van der Waals surface area contributed by atoms with E-state index in [2.05, 4.69) is 21.6 Å². The summed E-state index contributed by atoms with van der Waals surface area (Å²) in [5, 5.41) is 25.7. The lowest BCUT2D eigenvalue weighted by Crippen LogP contribution is -2.50. The zero-order chi connectivity index (χ0) is 23.6. The van der Waals surface area contributed by atoms with Crippen LogP contribution in [0.15, 0.2) is 18.2 Å². The third-order valence-electron chi connectivity index (χ3n) is 7.41. The highest BCUT2D eigenvalue weighted by Gasteiger charge is 2.36. The van der Waals surface area contributed by atoms with Crippen LogP contribution in [-0.4, -0.2) is 78.0 Å². The highest BCUT2D eigenvalue weighted by Crippen LogP contribution is 2.33. The Morgan fingerprint density at radius 3 is 2.55 bits per heavy atom. The van der Waals surface area contributed by atoms with E-state index in [9.17, 15) is 19.2 Å². The molecule has 0 spiro atoms. The van der Waals surface area contributed by atoms with Crippen LogP contribution < -0.4 is 10.6 Å². The Kier molecular flexibility index (Phi) is 7.11. The number of imide groups is 1. The minimum absolute atomic E-state index is 0.235. The van der Waals surface area contributed by atoms with Crippen molar-refractivity contribution in [3.05, 3.63) is 29.3 Å². The molecule has 1 aromatic rings. The van der Waals surface area contributed by atoms with Crippen LogP contribution in [0.2, 0.25) is 0 Å². The number of benzene rings is 1. The molecule has 3 aliphatic heterocycles. The smallest absolute Gasteiger partial charge is 0.235 e. The lowest BCUT2D eigenvalue weighted by Gasteiger charge is -2.41. The molecule has 1 atom stereocenters. The summed E-state index contributed by atoms with van der Waals surface area (Å²) in [4.78, 5) is 25.9. The average Bonchev–Trinajstić information content (AvgIpc) is 2.81. The van der Waals surface area contributed by atoms with Crippen molar-refractivity contribution < 1.29 is 19.2 Å². The lowest BCUT2D eigenvalue weighted by molar-refractivity contribution is -0.134. The molecule has 4 rings (SSSR count). The number of rotatable bonds is 6. The molecule has 180 valence electrons. The number of aliphatic hydroxyl groups is 1. The van der Waals surface area contributed by atoms with Crippen LogP contribution in [0, 0.1) is 11.3 Å². The first-order valence-electron chi connectivity index (χ1n) is 11.9. The number of carbonyl (C=O) groups excluding carboxylic acids is 2. The number of amides is 2. The number of nitrogens with zero attached hydrogens (tertiary/aromatic N) is 2. The molecule has 1 unspecified atom stereocenters. The number of hydrogen-bond donors (Lipinski definition) is 4. The normalized spacial score (nSPS) is 25.0. The minimum Gasteiger partial charge on any atom is -0.388 e. The monoisotopic (exact) mass is 459 g/mol. The zero-order valence-electron chi connectivity index (χ0n) is 19.2. The standard InChI is InChI=1S/C24H34FN5O3/c1-27-20-14-17(2-3-18(20)22(26)19-4-5-21(31)28-23(19)32)16-6-10-29(11-7-16)15-24(33)8-12-30(25)13-9-24/h2-3,14,16,19,26-27,33H,4-13,15H2,1H3,(H,28,31,32). The molecule has 0 aliphatic carbocycles. The van der Waals surface area contributed by atoms with Crippen molar-refractivity contribution in [2.45, 2.75) is 50.0 Å². The quantitative estimate of drug-likeness (QED) is 0.295. The summed E-state index contributed by atoms with van der Waals surface area (Å²) in [5.41, 5.74) is 2.14. The van der Waals surface area contributed by atoms with Gasteiger partial charge in [0.15, 0.2) is 0 Å². The van der Waals surface area contributed by atoms with Crippen LogP contribution in [-0.2, 0) is 9.59 Å². The Labute approximate surface area is 194 Å². The molecule has 33 heavy (non-hydrogen) atoms. The molecule has 3 heterocycles. The fraction of sp³-hybridized carbons (Fsp3) is 0.625. The first kappa shape index (κ1) is 23.8. The lowest BCUT2D eigenvalue weighted by atomic mass is 9.84. The SMILES string of the molecule is CNc1cc(C2CCN(CC3(O)CCN(F)CC3)CC2)ccc1C(=N)C1CCC(=O)NC1=O. The van der Waals surface area contributed by atoms with E-state index >= 15 is 0 Å². The molecule has 3 aliphatic rings. The third kappa shape index (κ3) is 5.42. The van der Waals surface area contributed by atoms with E-state index in [1.54, 1.807) is 0 Å². The topological polar surface area (TPSA) is 109 Å². The number of piperidine rings is 3. The third-order valence-corrected chi connectivity index (χ3v) is 7.41. The van der Waals surface area contributed by atoms with Crippen LogP contribution in [0.4, 0.5) is 10.2 Å². The van der Waals surface area contributed by atoms with Gasteiger partial charge in [-0.15, -0.1) is 9.60 Å². The predicted molar refractivity (Wildman–Crippen MR) is 124 cm³/mol. The van der Waals surface area contributed by atoms with Crippen molar-refractivity contribution in [3.63, 3.8) is 0 Å². The first-order chi connectivity index (χ1) is 15.8. The number of β-amino-alcohol motifs (C(OH)–C–C–N with tert-alkyl or cyclic N) is 1. The number of anilines is 1. The number of carbonyl (C=O) groups is 2. The molecule has 2 amide bonds. The molecule has 0 aromatic heterocycles. The van der Waals surface area contributed by atoms with Crippen LogP contribution >= 0.6 is 0 Å². The second-order valence-corrected chi connectivity index (χ2v) is 9.66. The Morgan fingerprint density at radius 1 is 1.21 bits per heavy atom. The maximum atomic E-state index is 13.3. The van der Waals surface area contributed by atoms with Crippen molar-refractivity contribution in [1.29, 1.82) is 5.41 Å². The van der Waals surface area contributed by atoms with E-state index in [0.717, 1.165) is 36.7 Å². The summed E-state index contributed by atoms with van der Waals surface area (Å²) in [5.74, 6) is -0.901. The molecule has 4 N–H and O–H groups in total. The van der Waals surface area contributed by atoms with Gasteiger partial charge < -0.3 is 20.7 Å². The predicted octanol–water partition coefficient (Wildman–Crippen LogP) is 2.04. The van der Waals surface area contributed by atoms with Crippen molar-refractivity contribution >= 4 is 23.2 Å². The van der Waals surface area contributed by atoms with Gasteiger partial charge in [-0.25, -0.2) is 0 Å². The van der Waals surface area contributed by atoms with Gasteiger partial charge in [0.25, 0.3) is 0 Å². The van der Waals surface area contributed by atoms with Gasteiger partial charge >= 0.3 is 0 Å². The number of hydrogen-bond acceptors (Lipinski definition) is 7. The molecule has 0 radical (unpaired) electrons. The average molecular weight is 460 g/mol. The molecular weight excluding hydrogens is 425 g/mol. The minimum atomic E-state index is -0.799. The van der Waals surface area contributed by atoms with Crippen LogP contribution in [0.3, 0.4) is 0 Å². The van der Waals surface area contributed by atoms with Crippen LogP contribution in [0.5, 0.6) is 0 Å². The van der Waals surface area contributed by atoms with E-state index in [1.807, 2.05) is 19.2 Å². The van der Waals surface area contributed by atoms with Gasteiger partial charge in [0, 0.05) is 44.4 Å². The first-order valence-corrected chi connectivity index (χ1v) is 11.9. The van der Waals surface area contributed by atoms with E-state index < -0.39 is 17.4 Å². The number of nitrogens with one attached hydrogen (secondary N) is 3. The Bertz CT molecular complexity index is 907. The van der Waals surface area contributed by atoms with Crippen molar-refractivity contribution in [1.82, 2.24) is 15.3 Å². The number of likely N-dealkylation sites (tertiary alicyclic amines) is 1. The van der Waals surface area contributed by atoms with E-state index in [-0.39, 0.29) is 18.0 Å². The molecule has 3 saturated heterocycles. The van der Waals surface area contributed by atoms with E-state index in [0.29, 0.717) is 50.4 Å². The van der Waals surface area contributed by atoms with Crippen molar-refractivity contribution in [2.75, 3.05) is 45.1 Å².